The van der Waals surface area contributed by atoms with Gasteiger partial charge in [-0.1, -0.05) is 11.6 Å². The number of amides is 4. The van der Waals surface area contributed by atoms with Crippen LogP contribution in [0.25, 0.3) is 0 Å². The molecule has 0 saturated carbocycles. The monoisotopic (exact) mass is 504 g/mol. The van der Waals surface area contributed by atoms with E-state index in [0.29, 0.717) is 5.56 Å². The predicted octanol–water partition coefficient (Wildman–Crippen LogP) is 3.65. The van der Waals surface area contributed by atoms with Gasteiger partial charge in [-0.2, -0.15) is 0 Å². The maximum absolute atomic E-state index is 13.0. The van der Waals surface area contributed by atoms with E-state index in [1.165, 1.54) is 36.4 Å². The molecule has 0 spiro atoms. The van der Waals surface area contributed by atoms with E-state index >= 15 is 0 Å². The number of carboxylic acid groups (broad SMARTS) is 2. The highest BCUT2D eigenvalue weighted by atomic mass is 35.5. The first-order chi connectivity index (χ1) is 17.0. The van der Waals surface area contributed by atoms with Crippen molar-refractivity contribution in [3.8, 4) is 0 Å². The zero-order valence-electron chi connectivity index (χ0n) is 18.2. The Bertz CT molecular complexity index is 1490. The van der Waals surface area contributed by atoms with Gasteiger partial charge in [-0.25, -0.2) is 19.4 Å². The first-order valence-electron chi connectivity index (χ1n) is 10.3. The molecule has 3 aromatic rings. The number of anilines is 2. The van der Waals surface area contributed by atoms with Crippen molar-refractivity contribution >= 4 is 58.5 Å². The number of carbonyl (C=O) groups is 6. The number of halogens is 1. The molecule has 0 fully saturated rings. The standard InChI is InChI=1S/C25H13ClN2O8/c1-10-6-19(28-21(30)14-5-3-12(25(35)36)8-16(14)23(28)32)17(26)9-18(10)27-20(29)13-4-2-11(24(33)34)7-15(13)22(27)31/h2-9H,1H3,(H,33,34)(H,35,36). The number of aryl methyl sites for hydroxylation is 1. The minimum absolute atomic E-state index is 0.00855. The fraction of sp³-hybridized carbons (Fsp3) is 0.0400. The van der Waals surface area contributed by atoms with Crippen LogP contribution in [0.2, 0.25) is 5.02 Å². The number of imide groups is 2. The number of carbonyl (C=O) groups excluding carboxylic acids is 4. The molecule has 5 rings (SSSR count). The summed E-state index contributed by atoms with van der Waals surface area (Å²) in [6.07, 6.45) is 0. The summed E-state index contributed by atoms with van der Waals surface area (Å²) in [7, 11) is 0. The van der Waals surface area contributed by atoms with Crippen molar-refractivity contribution in [1.29, 1.82) is 0 Å². The Kier molecular flexibility index (Phi) is 5.00. The van der Waals surface area contributed by atoms with Gasteiger partial charge in [-0.15, -0.1) is 0 Å². The molecule has 36 heavy (non-hydrogen) atoms. The largest absolute Gasteiger partial charge is 0.478 e. The average molecular weight is 505 g/mol. The SMILES string of the molecule is Cc1cc(N2C(=O)c3ccc(C(=O)O)cc3C2=O)c(Cl)cc1N1C(=O)c2ccc(C(=O)O)cc2C1=O. The summed E-state index contributed by atoms with van der Waals surface area (Å²) in [5, 5.41) is 18.3. The first kappa shape index (κ1) is 22.9. The van der Waals surface area contributed by atoms with Crippen molar-refractivity contribution in [1.82, 2.24) is 0 Å². The van der Waals surface area contributed by atoms with Crippen LogP contribution in [0.3, 0.4) is 0 Å². The summed E-state index contributed by atoms with van der Waals surface area (Å²) in [6.45, 7) is 1.54. The lowest BCUT2D eigenvalue weighted by Crippen LogP contribution is -2.32. The van der Waals surface area contributed by atoms with Crippen LogP contribution in [0.1, 0.15) is 67.7 Å². The first-order valence-corrected chi connectivity index (χ1v) is 10.7. The molecule has 0 atom stereocenters. The third-order valence-electron chi connectivity index (χ3n) is 6.01. The molecule has 11 heteroatoms. The summed E-state index contributed by atoms with van der Waals surface area (Å²) in [5.41, 5.74) is -0.0324. The molecule has 4 amide bonds. The van der Waals surface area contributed by atoms with Crippen LogP contribution in [-0.4, -0.2) is 45.8 Å². The number of benzene rings is 3. The molecular formula is C25H13ClN2O8. The van der Waals surface area contributed by atoms with Crippen molar-refractivity contribution < 1.29 is 39.0 Å². The average Bonchev–Trinajstić information content (AvgIpc) is 3.24. The van der Waals surface area contributed by atoms with Gasteiger partial charge >= 0.3 is 11.9 Å². The van der Waals surface area contributed by atoms with E-state index in [-0.39, 0.29) is 49.8 Å². The fourth-order valence-corrected chi connectivity index (χ4v) is 4.50. The van der Waals surface area contributed by atoms with Crippen molar-refractivity contribution in [3.05, 3.63) is 92.5 Å². The van der Waals surface area contributed by atoms with Gasteiger partial charge in [-0.05, 0) is 61.0 Å². The molecule has 0 radical (unpaired) electrons. The maximum Gasteiger partial charge on any atom is 0.335 e. The summed E-state index contributed by atoms with van der Waals surface area (Å²) in [6, 6.07) is 9.79. The van der Waals surface area contributed by atoms with Crippen molar-refractivity contribution in [2.75, 3.05) is 9.80 Å². The highest BCUT2D eigenvalue weighted by Crippen LogP contribution is 2.40. The molecule has 2 aliphatic rings. The van der Waals surface area contributed by atoms with Gasteiger partial charge in [0.15, 0.2) is 0 Å². The molecule has 2 N–H and O–H groups in total. The summed E-state index contributed by atoms with van der Waals surface area (Å²) in [5.74, 6) is -5.41. The predicted molar refractivity (Wildman–Crippen MR) is 125 cm³/mol. The van der Waals surface area contributed by atoms with Crippen LogP contribution in [-0.2, 0) is 0 Å². The van der Waals surface area contributed by atoms with E-state index in [0.717, 1.165) is 21.9 Å². The Morgan fingerprint density at radius 1 is 0.639 bits per heavy atom. The second kappa shape index (κ2) is 7.85. The van der Waals surface area contributed by atoms with Crippen molar-refractivity contribution in [2.24, 2.45) is 0 Å². The van der Waals surface area contributed by atoms with Crippen LogP contribution in [0, 0.1) is 6.92 Å². The van der Waals surface area contributed by atoms with Crippen molar-refractivity contribution in [2.45, 2.75) is 6.92 Å². The van der Waals surface area contributed by atoms with Gasteiger partial charge in [0.25, 0.3) is 23.6 Å². The number of hydrogen-bond donors (Lipinski definition) is 2. The number of hydrogen-bond acceptors (Lipinski definition) is 6. The van der Waals surface area contributed by atoms with Gasteiger partial charge in [0.05, 0.1) is 49.8 Å². The molecule has 0 aromatic heterocycles. The Morgan fingerprint density at radius 3 is 1.50 bits per heavy atom. The minimum Gasteiger partial charge on any atom is -0.478 e. The van der Waals surface area contributed by atoms with E-state index in [2.05, 4.69) is 0 Å². The van der Waals surface area contributed by atoms with Crippen LogP contribution in [0.4, 0.5) is 11.4 Å². The second-order valence-electron chi connectivity index (χ2n) is 8.11. The number of nitrogens with zero attached hydrogens (tertiary/aromatic N) is 2. The molecule has 178 valence electrons. The topological polar surface area (TPSA) is 149 Å². The fourth-order valence-electron chi connectivity index (χ4n) is 4.25. The third-order valence-corrected chi connectivity index (χ3v) is 6.32. The van der Waals surface area contributed by atoms with Crippen LogP contribution in [0.5, 0.6) is 0 Å². The molecular weight excluding hydrogens is 492 g/mol. The van der Waals surface area contributed by atoms with Crippen LogP contribution < -0.4 is 9.80 Å². The Labute approximate surface area is 206 Å². The number of fused-ring (bicyclic) bond motifs is 2. The van der Waals surface area contributed by atoms with E-state index < -0.39 is 35.6 Å². The Morgan fingerprint density at radius 2 is 1.06 bits per heavy atom. The molecule has 0 saturated heterocycles. The maximum atomic E-state index is 13.0. The lowest BCUT2D eigenvalue weighted by molar-refractivity contribution is 0.0686. The number of carboxylic acids is 2. The van der Waals surface area contributed by atoms with Gasteiger partial charge < -0.3 is 10.2 Å². The lowest BCUT2D eigenvalue weighted by Gasteiger charge is -2.21. The summed E-state index contributed by atoms with van der Waals surface area (Å²) in [4.78, 5) is 76.2. The Hall–Kier alpha value is -4.83. The summed E-state index contributed by atoms with van der Waals surface area (Å²) >= 11 is 6.42. The zero-order chi connectivity index (χ0) is 26.0. The molecule has 10 nitrogen and oxygen atoms in total. The zero-order valence-corrected chi connectivity index (χ0v) is 19.0. The van der Waals surface area contributed by atoms with E-state index in [9.17, 15) is 39.0 Å². The second-order valence-corrected chi connectivity index (χ2v) is 8.52. The quantitative estimate of drug-likeness (QED) is 0.511. The van der Waals surface area contributed by atoms with Gasteiger partial charge in [0.2, 0.25) is 0 Å². The molecule has 2 aliphatic heterocycles. The molecule has 0 aliphatic carbocycles. The molecule has 0 bridgehead atoms. The highest BCUT2D eigenvalue weighted by molar-refractivity contribution is 6.41. The third kappa shape index (κ3) is 3.19. The van der Waals surface area contributed by atoms with E-state index in [4.69, 9.17) is 11.6 Å². The van der Waals surface area contributed by atoms with Crippen LogP contribution >= 0.6 is 11.6 Å². The van der Waals surface area contributed by atoms with E-state index in [1.54, 1.807) is 6.92 Å². The molecule has 2 heterocycles. The normalized spacial score (nSPS) is 14.4. The van der Waals surface area contributed by atoms with Crippen LogP contribution in [0.15, 0.2) is 48.5 Å². The number of aromatic carboxylic acids is 2. The summed E-state index contributed by atoms with van der Waals surface area (Å²) < 4.78 is 0. The van der Waals surface area contributed by atoms with Crippen molar-refractivity contribution in [3.63, 3.8) is 0 Å². The molecule has 3 aromatic carbocycles. The Balaban J connectivity index is 1.54. The molecule has 0 unspecified atom stereocenters. The van der Waals surface area contributed by atoms with E-state index in [1.807, 2.05) is 0 Å². The number of rotatable bonds is 4. The lowest BCUT2D eigenvalue weighted by atomic mass is 10.1. The minimum atomic E-state index is -1.26. The smallest absolute Gasteiger partial charge is 0.335 e. The van der Waals surface area contributed by atoms with Gasteiger partial charge in [-0.3, -0.25) is 19.2 Å². The van der Waals surface area contributed by atoms with Gasteiger partial charge in [0.1, 0.15) is 0 Å². The highest BCUT2D eigenvalue weighted by Gasteiger charge is 2.41. The van der Waals surface area contributed by atoms with Gasteiger partial charge in [0, 0.05) is 0 Å².